The summed E-state index contributed by atoms with van der Waals surface area (Å²) in [5.41, 5.74) is 0.0576. The van der Waals surface area contributed by atoms with Gasteiger partial charge in [0.15, 0.2) is 0 Å². The van der Waals surface area contributed by atoms with Gasteiger partial charge in [0.1, 0.15) is 44.7 Å². The molecule has 0 atom stereocenters. The molecule has 12 heteroatoms. The number of benzene rings is 2. The lowest BCUT2D eigenvalue weighted by atomic mass is 9.83. The number of rotatable bonds is 12. The third-order valence-corrected chi connectivity index (χ3v) is 12.3. The van der Waals surface area contributed by atoms with Gasteiger partial charge in [-0.2, -0.15) is 0 Å². The second kappa shape index (κ2) is 16.1. The van der Waals surface area contributed by atoms with Crippen LogP contribution in [0.5, 0.6) is 23.0 Å². The molecule has 2 aromatic rings. The predicted octanol–water partition coefficient (Wildman–Crippen LogP) is 4.04. The Balaban J connectivity index is 1.51. The third kappa shape index (κ3) is 6.45. The molecule has 0 saturated heterocycles. The molecule has 0 N–H and O–H groups in total. The summed E-state index contributed by atoms with van der Waals surface area (Å²) in [6.45, 7) is 7.40. The monoisotopic (exact) mass is 816 g/mol. The van der Waals surface area contributed by atoms with Crippen LogP contribution >= 0.6 is 0 Å². The third-order valence-electron chi connectivity index (χ3n) is 12.3. The van der Waals surface area contributed by atoms with Crippen molar-refractivity contribution >= 4 is 23.9 Å². The van der Waals surface area contributed by atoms with Gasteiger partial charge in [-0.25, -0.2) is 0 Å². The highest BCUT2D eigenvalue weighted by molar-refractivity contribution is 5.89. The summed E-state index contributed by atoms with van der Waals surface area (Å²) in [6.07, 6.45) is 0.862. The fraction of sp³-hybridized carbons (Fsp3) is 0.500. The van der Waals surface area contributed by atoms with Gasteiger partial charge in [0.05, 0.1) is 54.9 Å². The van der Waals surface area contributed by atoms with E-state index in [0.29, 0.717) is 67.5 Å². The Labute approximate surface area is 350 Å². The zero-order valence-corrected chi connectivity index (χ0v) is 35.4. The van der Waals surface area contributed by atoms with Crippen LogP contribution in [0.2, 0.25) is 0 Å². The van der Waals surface area contributed by atoms with Crippen molar-refractivity contribution in [2.45, 2.75) is 79.1 Å². The highest BCUT2D eigenvalue weighted by Gasteiger charge is 2.54. The Morgan fingerprint density at radius 3 is 0.667 bits per heavy atom. The number of ether oxygens (including phenoxy) is 8. The molecule has 60 heavy (non-hydrogen) atoms. The first-order valence-corrected chi connectivity index (χ1v) is 20.2. The summed E-state index contributed by atoms with van der Waals surface area (Å²) >= 11 is 0. The molecule has 10 rings (SSSR count). The van der Waals surface area contributed by atoms with Gasteiger partial charge in [0.2, 0.25) is 0 Å². The minimum Gasteiger partial charge on any atom is -0.496 e. The SMILES string of the molecule is CCOC(=O)C12C#CC#CC3(C(=O)OCC)Cc4c(c(OC)c5c(c4OC)CC(C(=O)OCC)(C#CC#CC4(C(=O)OCC)Cc6c(c(OC)c(c(c6OC)C1)C2)C4)C5)C3. The lowest BCUT2D eigenvalue weighted by Crippen LogP contribution is -2.33. The average Bonchev–Trinajstić information content (AvgIpc) is 4.02. The van der Waals surface area contributed by atoms with E-state index in [1.165, 1.54) is 28.4 Å². The van der Waals surface area contributed by atoms with E-state index < -0.39 is 45.5 Å². The van der Waals surface area contributed by atoms with Crippen LogP contribution in [-0.4, -0.2) is 78.7 Å². The zero-order valence-electron chi connectivity index (χ0n) is 35.4. The van der Waals surface area contributed by atoms with E-state index in [2.05, 4.69) is 47.4 Å². The quantitative estimate of drug-likeness (QED) is 0.174. The minimum absolute atomic E-state index is 0.108. The molecule has 0 heterocycles. The number of hydrogen-bond donors (Lipinski definition) is 0. The number of carbonyl (C=O) groups is 4. The van der Waals surface area contributed by atoms with E-state index in [4.69, 9.17) is 37.9 Å². The molecule has 8 aliphatic carbocycles. The van der Waals surface area contributed by atoms with Crippen molar-refractivity contribution in [1.82, 2.24) is 0 Å². The second-order valence-electron chi connectivity index (χ2n) is 15.6. The molecule has 0 aliphatic heterocycles. The lowest BCUT2D eigenvalue weighted by Gasteiger charge is -2.22. The number of methoxy groups -OCH3 is 4. The van der Waals surface area contributed by atoms with Gasteiger partial charge in [-0.05, 0) is 51.4 Å². The van der Waals surface area contributed by atoms with Crippen molar-refractivity contribution in [2.24, 2.45) is 21.7 Å². The van der Waals surface area contributed by atoms with Gasteiger partial charge >= 0.3 is 23.9 Å². The van der Waals surface area contributed by atoms with Crippen LogP contribution in [0, 0.1) is 69.0 Å². The summed E-state index contributed by atoms with van der Waals surface area (Å²) < 4.78 is 46.9. The first-order valence-electron chi connectivity index (χ1n) is 20.2. The van der Waals surface area contributed by atoms with Crippen LogP contribution < -0.4 is 18.9 Å². The highest BCUT2D eigenvalue weighted by atomic mass is 16.5. The van der Waals surface area contributed by atoms with E-state index in [9.17, 15) is 19.2 Å². The first kappa shape index (κ1) is 41.9. The molecule has 312 valence electrons. The van der Waals surface area contributed by atoms with Crippen LogP contribution in [0.3, 0.4) is 0 Å². The maximum absolute atomic E-state index is 14.0. The molecule has 0 unspecified atom stereocenters. The molecule has 2 aromatic carbocycles. The lowest BCUT2D eigenvalue weighted by molar-refractivity contribution is -0.152. The molecule has 0 spiro atoms. The second-order valence-corrected chi connectivity index (χ2v) is 15.6. The van der Waals surface area contributed by atoms with Crippen molar-refractivity contribution in [3.05, 3.63) is 44.5 Å². The van der Waals surface area contributed by atoms with Crippen LogP contribution in [-0.2, 0) is 89.5 Å². The summed E-state index contributed by atoms with van der Waals surface area (Å²) in [7, 11) is 6.16. The van der Waals surface area contributed by atoms with Crippen molar-refractivity contribution in [3.8, 4) is 70.4 Å². The predicted molar refractivity (Wildman–Crippen MR) is 216 cm³/mol. The van der Waals surface area contributed by atoms with Crippen LogP contribution in [0.1, 0.15) is 72.2 Å². The van der Waals surface area contributed by atoms with Crippen molar-refractivity contribution < 1.29 is 57.1 Å². The Bertz CT molecular complexity index is 2050. The van der Waals surface area contributed by atoms with Crippen molar-refractivity contribution in [2.75, 3.05) is 54.9 Å². The normalized spacial score (nSPS) is 24.3. The molecule has 8 aliphatic rings. The van der Waals surface area contributed by atoms with Crippen molar-refractivity contribution in [3.63, 3.8) is 0 Å². The molecular weight excluding hydrogens is 769 g/mol. The first-order chi connectivity index (χ1) is 28.9. The van der Waals surface area contributed by atoms with Crippen molar-refractivity contribution in [1.29, 1.82) is 0 Å². The maximum Gasteiger partial charge on any atom is 0.324 e. The Morgan fingerprint density at radius 2 is 0.533 bits per heavy atom. The van der Waals surface area contributed by atoms with E-state index in [1.54, 1.807) is 27.7 Å². The summed E-state index contributed by atoms with van der Waals surface area (Å²) in [4.78, 5) is 56.0. The van der Waals surface area contributed by atoms with Gasteiger partial charge in [-0.3, -0.25) is 19.2 Å². The van der Waals surface area contributed by atoms with Gasteiger partial charge in [0, 0.05) is 95.9 Å². The average molecular weight is 817 g/mol. The van der Waals surface area contributed by atoms with E-state index in [-0.39, 0.29) is 77.8 Å². The fourth-order valence-electron chi connectivity index (χ4n) is 9.79. The smallest absolute Gasteiger partial charge is 0.324 e. The maximum atomic E-state index is 14.0. The fourth-order valence-corrected chi connectivity index (χ4v) is 9.79. The zero-order chi connectivity index (χ0) is 43.0. The number of esters is 4. The van der Waals surface area contributed by atoms with Gasteiger partial charge in [-0.15, -0.1) is 0 Å². The molecule has 12 nitrogen and oxygen atoms in total. The molecule has 0 fully saturated rings. The summed E-state index contributed by atoms with van der Waals surface area (Å²) in [6, 6.07) is 0. The van der Waals surface area contributed by atoms with Crippen LogP contribution in [0.4, 0.5) is 0 Å². The minimum atomic E-state index is -1.37. The Morgan fingerprint density at radius 1 is 0.367 bits per heavy atom. The Kier molecular flexibility index (Phi) is 11.2. The number of carbonyl (C=O) groups excluding carboxylic acids is 4. The topological polar surface area (TPSA) is 142 Å². The largest absolute Gasteiger partial charge is 0.496 e. The standard InChI is InChI=1S/C48H48O12/c1-9-57-41(49)45-17-13-14-18-46(42(50)58-10-2)25-33-34(26-46)40(56-8)36-28-48(44(52)60-12-4,27-35(36)39(33)55-7)20-16-15-19-47(43(51)59-11-3)23-31-32(24-47)38(54-6)30(22-45)29(21-45)37(31)53-5/h9-12,21-28H2,1-8H3. The Hall–Kier alpha value is -6.24. The van der Waals surface area contributed by atoms with Gasteiger partial charge in [-0.1, -0.05) is 23.7 Å². The molecule has 0 saturated carbocycles. The van der Waals surface area contributed by atoms with Crippen LogP contribution in [0.25, 0.3) is 0 Å². The van der Waals surface area contributed by atoms with E-state index in [1.807, 2.05) is 0 Å². The van der Waals surface area contributed by atoms with E-state index >= 15 is 0 Å². The summed E-state index contributed by atoms with van der Waals surface area (Å²) in [5, 5.41) is 0. The summed E-state index contributed by atoms with van der Waals surface area (Å²) in [5.74, 6) is 24.3. The molecule has 0 amide bonds. The van der Waals surface area contributed by atoms with Gasteiger partial charge < -0.3 is 37.9 Å². The number of hydrogen-bond acceptors (Lipinski definition) is 12. The van der Waals surface area contributed by atoms with Crippen LogP contribution in [0.15, 0.2) is 0 Å². The molecule has 0 radical (unpaired) electrons. The molecular formula is C48H48O12. The molecule has 12 bridgehead atoms. The van der Waals surface area contributed by atoms with Gasteiger partial charge in [0.25, 0.3) is 0 Å². The highest BCUT2D eigenvalue weighted by Crippen LogP contribution is 2.56. The van der Waals surface area contributed by atoms with E-state index in [0.717, 1.165) is 0 Å². The molecule has 0 aromatic heterocycles.